The van der Waals surface area contributed by atoms with E-state index in [1.165, 1.54) is 16.7 Å². The number of hydrogen-bond donors (Lipinski definition) is 7. The zero-order valence-corrected chi connectivity index (χ0v) is 50.1. The minimum Gasteiger partial charge on any atom is -0.460 e. The van der Waals surface area contributed by atoms with Gasteiger partial charge in [-0.15, -0.1) is 11.8 Å². The topological polar surface area (TPSA) is 280 Å². The van der Waals surface area contributed by atoms with Crippen molar-refractivity contribution in [2.24, 2.45) is 17.4 Å². The Hall–Kier alpha value is -4.95. The van der Waals surface area contributed by atoms with E-state index in [-0.39, 0.29) is 56.4 Å². The third-order valence-electron chi connectivity index (χ3n) is 12.2. The Bertz CT molecular complexity index is 2160. The van der Waals surface area contributed by atoms with Gasteiger partial charge >= 0.3 is 12.1 Å². The number of nitrogens with zero attached hydrogens (tertiary/aromatic N) is 1. The van der Waals surface area contributed by atoms with Gasteiger partial charge in [0, 0.05) is 36.6 Å². The van der Waals surface area contributed by atoms with Crippen molar-refractivity contribution in [2.45, 2.75) is 257 Å². The summed E-state index contributed by atoms with van der Waals surface area (Å²) >= 11 is 1.40. The number of alkyl carbamates (subject to hydrolysis) is 1. The Labute approximate surface area is 458 Å². The van der Waals surface area contributed by atoms with Crippen LogP contribution in [-0.2, 0) is 59.6 Å². The van der Waals surface area contributed by atoms with Crippen molar-refractivity contribution in [1.82, 2.24) is 31.5 Å². The zero-order valence-electron chi connectivity index (χ0n) is 49.3. The molecule has 0 spiro atoms. The third-order valence-corrected chi connectivity index (χ3v) is 13.7. The molecule has 0 aliphatic carbocycles. The lowest BCUT2D eigenvalue weighted by molar-refractivity contribution is -0.155. The molecule has 0 radical (unpaired) electrons. The number of primary amides is 1. The number of carbonyl (C=O) groups excluding carboxylic acids is 8. The van der Waals surface area contributed by atoms with E-state index < -0.39 is 116 Å². The van der Waals surface area contributed by atoms with Crippen LogP contribution in [0.4, 0.5) is 4.79 Å². The number of nitrogens with one attached hydrogen (secondary N) is 5. The van der Waals surface area contributed by atoms with E-state index >= 15 is 9.59 Å². The first-order valence-corrected chi connectivity index (χ1v) is 27.6. The van der Waals surface area contributed by atoms with Crippen LogP contribution < -0.4 is 38.1 Å². The second-order valence-corrected chi connectivity index (χ2v) is 27.9. The van der Waals surface area contributed by atoms with Crippen LogP contribution in [0.5, 0.6) is 0 Å². The minimum absolute atomic E-state index is 0.00408. The third kappa shape index (κ3) is 23.3. The lowest BCUT2D eigenvalue weighted by Gasteiger charge is -2.39. The lowest BCUT2D eigenvalue weighted by atomic mass is 9.86. The van der Waals surface area contributed by atoms with Gasteiger partial charge in [0.05, 0.1) is 16.6 Å². The van der Waals surface area contributed by atoms with Crippen molar-refractivity contribution < 1.29 is 52.6 Å². The van der Waals surface area contributed by atoms with E-state index in [1.54, 1.807) is 48.5 Å². The highest BCUT2D eigenvalue weighted by Crippen LogP contribution is 2.51. The Morgan fingerprint density at radius 1 is 0.711 bits per heavy atom. The molecule has 0 saturated carbocycles. The number of rotatable bonds is 25. The molecule has 7 atom stereocenters. The van der Waals surface area contributed by atoms with Crippen LogP contribution in [0.25, 0.3) is 0 Å². The van der Waals surface area contributed by atoms with Gasteiger partial charge < -0.3 is 57.2 Å². The molecule has 1 aromatic rings. The molecule has 432 valence electrons. The fraction of sp³-hybridized carbons (Fsp3) is 0.750. The molecular formula is C56H96N8O11S. The molecule has 0 bridgehead atoms. The van der Waals surface area contributed by atoms with E-state index in [9.17, 15) is 28.8 Å². The summed E-state index contributed by atoms with van der Waals surface area (Å²) in [6, 6.07) is 0.965. The molecule has 1 saturated heterocycles. The van der Waals surface area contributed by atoms with Gasteiger partial charge in [-0.25, -0.2) is 4.79 Å². The molecular weight excluding hydrogens is 993 g/mol. The largest absolute Gasteiger partial charge is 0.460 e. The maximum absolute atomic E-state index is 15.1. The van der Waals surface area contributed by atoms with Gasteiger partial charge in [0.2, 0.25) is 35.4 Å². The summed E-state index contributed by atoms with van der Waals surface area (Å²) in [5, 5.41) is 14.1. The van der Waals surface area contributed by atoms with Crippen molar-refractivity contribution in [3.63, 3.8) is 0 Å². The molecule has 1 aromatic carbocycles. The van der Waals surface area contributed by atoms with Crippen LogP contribution >= 0.6 is 11.8 Å². The number of benzene rings is 1. The van der Waals surface area contributed by atoms with Crippen LogP contribution in [0, 0.1) is 5.92 Å². The maximum Gasteiger partial charge on any atom is 0.407 e. The van der Waals surface area contributed by atoms with Crippen molar-refractivity contribution in [2.75, 3.05) is 6.54 Å². The molecule has 20 heteroatoms. The Kier molecular flexibility index (Phi) is 24.4. The highest BCUT2D eigenvalue weighted by molar-refractivity contribution is 8.02. The molecule has 2 rings (SSSR count). The second-order valence-electron chi connectivity index (χ2n) is 25.6. The van der Waals surface area contributed by atoms with Crippen LogP contribution in [0.3, 0.4) is 0 Å². The lowest BCUT2D eigenvalue weighted by Crippen LogP contribution is -2.64. The predicted molar refractivity (Wildman–Crippen MR) is 298 cm³/mol. The van der Waals surface area contributed by atoms with Crippen molar-refractivity contribution >= 4 is 59.3 Å². The summed E-state index contributed by atoms with van der Waals surface area (Å²) in [6.45, 7) is 35.3. The molecule has 9 N–H and O–H groups in total. The van der Waals surface area contributed by atoms with Gasteiger partial charge in [-0.3, -0.25) is 33.6 Å². The van der Waals surface area contributed by atoms with Gasteiger partial charge in [0.1, 0.15) is 41.4 Å². The number of unbranched alkanes of at least 4 members (excludes halogenated alkanes) is 1. The number of nitrogens with two attached hydrogens (primary N) is 2. The van der Waals surface area contributed by atoms with Crippen molar-refractivity contribution in [3.8, 4) is 0 Å². The molecule has 0 aromatic heterocycles. The van der Waals surface area contributed by atoms with Crippen molar-refractivity contribution in [1.29, 1.82) is 0 Å². The monoisotopic (exact) mass is 1090 g/mol. The van der Waals surface area contributed by atoms with Crippen LogP contribution in [0.15, 0.2) is 24.3 Å². The van der Waals surface area contributed by atoms with E-state index in [1.807, 2.05) is 86.6 Å². The Morgan fingerprint density at radius 2 is 1.29 bits per heavy atom. The van der Waals surface area contributed by atoms with Crippen LogP contribution in [0.2, 0.25) is 0 Å². The molecule has 1 aliphatic rings. The zero-order chi connectivity index (χ0) is 58.5. The standard InChI is InChI=1S/C56H96N8O11S/c1-33(2)30-40(63-47(69)43(57)34(3)73-52(7,8)9)49(71)64-44(55(16,17)76-56(64,18)19)48(70)62-39(31-35-23-25-36(26-24-35)51(4,5)6)46(68)60-37(27-28-42(66)74-53(10,11)12)32-41(65)61-38(45(58)67)22-20-21-29-59-50(72)75-54(13,14)15/h23-26,33-34,37-40,43-44H,20-22,27-32,57H2,1-19H3,(H2,58,67)(H,59,72)(H,60,68)(H,61,65)(H,62,70)(H,63,69)/t34?,37-,38+,39-,40+,43-,44?/m0/s1. The number of carbonyl (C=O) groups is 8. The summed E-state index contributed by atoms with van der Waals surface area (Å²) in [5.41, 5.74) is 11.6. The summed E-state index contributed by atoms with van der Waals surface area (Å²) in [5.74, 6) is -4.43. The maximum atomic E-state index is 15.1. The highest BCUT2D eigenvalue weighted by Gasteiger charge is 2.58. The SMILES string of the molecule is CC(C)C[C@@H](NC(=O)[C@@H](N)C(C)OC(C)(C)C)C(=O)N1C(C(=O)N[C@@H](Cc2ccc(C(C)(C)C)cc2)C(=O)N[C@@H](CCC(=O)OC(C)(C)C)CC(=O)N[C@H](CCCCNC(=O)OC(C)(C)C)C(N)=O)C(C)(C)SC1(C)C. The number of amides is 7. The number of esters is 1. The highest BCUT2D eigenvalue weighted by atomic mass is 32.2. The number of hydrogen-bond acceptors (Lipinski definition) is 13. The molecule has 1 heterocycles. The molecule has 76 heavy (non-hydrogen) atoms. The smallest absolute Gasteiger partial charge is 0.407 e. The quantitative estimate of drug-likeness (QED) is 0.0425. The van der Waals surface area contributed by atoms with E-state index in [4.69, 9.17) is 25.7 Å². The average molecular weight is 1090 g/mol. The molecule has 1 fully saturated rings. The van der Waals surface area contributed by atoms with E-state index in [0.717, 1.165) is 5.56 Å². The van der Waals surface area contributed by atoms with Crippen LogP contribution in [0.1, 0.15) is 188 Å². The molecule has 2 unspecified atom stereocenters. The second kappa shape index (κ2) is 27.6. The summed E-state index contributed by atoms with van der Waals surface area (Å²) < 4.78 is 15.9. The van der Waals surface area contributed by atoms with Gasteiger partial charge in [-0.05, 0) is 151 Å². The Balaban J connectivity index is 2.58. The first-order valence-electron chi connectivity index (χ1n) is 26.8. The van der Waals surface area contributed by atoms with Crippen molar-refractivity contribution in [3.05, 3.63) is 35.4 Å². The van der Waals surface area contributed by atoms with E-state index in [2.05, 4.69) is 47.4 Å². The number of ether oxygens (including phenoxy) is 3. The summed E-state index contributed by atoms with van der Waals surface area (Å²) in [7, 11) is 0. The first-order chi connectivity index (χ1) is 34.5. The average Bonchev–Trinajstić information content (AvgIpc) is 3.44. The minimum atomic E-state index is -1.28. The molecule has 7 amide bonds. The predicted octanol–water partition coefficient (Wildman–Crippen LogP) is 6.19. The van der Waals surface area contributed by atoms with Gasteiger partial charge in [-0.1, -0.05) is 58.9 Å². The normalized spacial score (nSPS) is 18.0. The van der Waals surface area contributed by atoms with Gasteiger partial charge in [-0.2, -0.15) is 0 Å². The summed E-state index contributed by atoms with van der Waals surface area (Å²) in [6.07, 6.45) is -0.638. The fourth-order valence-electron chi connectivity index (χ4n) is 8.96. The number of thioether (sulfide) groups is 1. The molecule has 1 aliphatic heterocycles. The molecule has 19 nitrogen and oxygen atoms in total. The Morgan fingerprint density at radius 3 is 1.80 bits per heavy atom. The van der Waals surface area contributed by atoms with Crippen LogP contribution in [-0.4, -0.2) is 128 Å². The fourth-order valence-corrected chi connectivity index (χ4v) is 10.9. The summed E-state index contributed by atoms with van der Waals surface area (Å²) in [4.78, 5) is 111. The van der Waals surface area contributed by atoms with Gasteiger partial charge in [0.25, 0.3) is 0 Å². The van der Waals surface area contributed by atoms with E-state index in [0.29, 0.717) is 18.4 Å². The first kappa shape index (κ1) is 67.2. The van der Waals surface area contributed by atoms with Gasteiger partial charge in [0.15, 0.2) is 0 Å².